The minimum Gasteiger partial charge on any atom is -0.305 e. The lowest BCUT2D eigenvalue weighted by Gasteiger charge is -2.23. The van der Waals surface area contributed by atoms with Crippen LogP contribution < -0.4 is 4.90 Å². The first kappa shape index (κ1) is 18.9. The van der Waals surface area contributed by atoms with Gasteiger partial charge in [0.05, 0.1) is 11.5 Å². The topological polar surface area (TPSA) is 81.3 Å². The molecule has 0 fully saturated rings. The van der Waals surface area contributed by atoms with Gasteiger partial charge in [-0.1, -0.05) is 30.3 Å². The van der Waals surface area contributed by atoms with Gasteiger partial charge in [0.1, 0.15) is 11.4 Å². The van der Waals surface area contributed by atoms with Crippen molar-refractivity contribution in [1.82, 2.24) is 9.78 Å². The third-order valence-corrected chi connectivity index (χ3v) is 5.49. The summed E-state index contributed by atoms with van der Waals surface area (Å²) in [5, 5.41) is 15.5. The van der Waals surface area contributed by atoms with E-state index in [4.69, 9.17) is 0 Å². The van der Waals surface area contributed by atoms with E-state index in [0.29, 0.717) is 23.5 Å². The summed E-state index contributed by atoms with van der Waals surface area (Å²) in [6, 6.07) is 15.5. The molecular formula is C22H22N4O3. The lowest BCUT2D eigenvalue weighted by atomic mass is 10.1. The molecular weight excluding hydrogens is 368 g/mol. The Morgan fingerprint density at radius 3 is 2.52 bits per heavy atom. The maximum atomic E-state index is 13.1. The molecule has 1 unspecified atom stereocenters. The van der Waals surface area contributed by atoms with E-state index in [9.17, 15) is 14.9 Å². The van der Waals surface area contributed by atoms with E-state index in [1.54, 1.807) is 18.5 Å². The number of hydrogen-bond acceptors (Lipinski definition) is 4. The van der Waals surface area contributed by atoms with E-state index >= 15 is 0 Å². The Hall–Kier alpha value is -3.48. The summed E-state index contributed by atoms with van der Waals surface area (Å²) in [6.45, 7) is 5.81. The van der Waals surface area contributed by atoms with Crippen molar-refractivity contribution in [3.63, 3.8) is 0 Å². The smallest absolute Gasteiger partial charge is 0.305 e. The Morgan fingerprint density at radius 2 is 1.86 bits per heavy atom. The Balaban J connectivity index is 1.55. The molecule has 0 radical (unpaired) electrons. The van der Waals surface area contributed by atoms with Crippen LogP contribution in [0.25, 0.3) is 0 Å². The Bertz CT molecular complexity index is 1100. The lowest BCUT2D eigenvalue weighted by Crippen LogP contribution is -2.35. The maximum absolute atomic E-state index is 13.1. The van der Waals surface area contributed by atoms with E-state index in [0.717, 1.165) is 17.7 Å². The Morgan fingerprint density at radius 1 is 1.17 bits per heavy atom. The van der Waals surface area contributed by atoms with Crippen LogP contribution in [-0.2, 0) is 13.0 Å². The zero-order chi connectivity index (χ0) is 20.7. The molecule has 0 saturated carbocycles. The van der Waals surface area contributed by atoms with Gasteiger partial charge in [-0.2, -0.15) is 5.10 Å². The van der Waals surface area contributed by atoms with Gasteiger partial charge in [0.25, 0.3) is 5.91 Å². The van der Waals surface area contributed by atoms with Gasteiger partial charge in [0, 0.05) is 17.3 Å². The van der Waals surface area contributed by atoms with Crippen LogP contribution in [0.15, 0.2) is 48.5 Å². The highest BCUT2D eigenvalue weighted by Crippen LogP contribution is 2.33. The summed E-state index contributed by atoms with van der Waals surface area (Å²) in [4.78, 5) is 25.7. The second-order valence-electron chi connectivity index (χ2n) is 7.49. The molecule has 1 atom stereocenters. The first-order valence-corrected chi connectivity index (χ1v) is 9.55. The van der Waals surface area contributed by atoms with Crippen molar-refractivity contribution in [2.45, 2.75) is 39.8 Å². The number of hydrogen-bond donors (Lipinski definition) is 0. The van der Waals surface area contributed by atoms with Gasteiger partial charge in [-0.05, 0) is 56.5 Å². The molecule has 1 aromatic heterocycles. The molecule has 0 saturated heterocycles. The number of nitro groups is 1. The highest BCUT2D eigenvalue weighted by Gasteiger charge is 2.31. The summed E-state index contributed by atoms with van der Waals surface area (Å²) < 4.78 is 1.63. The zero-order valence-electron chi connectivity index (χ0n) is 16.6. The van der Waals surface area contributed by atoms with Gasteiger partial charge < -0.3 is 4.90 Å². The van der Waals surface area contributed by atoms with Crippen LogP contribution in [-0.4, -0.2) is 26.7 Å². The largest absolute Gasteiger partial charge is 0.312 e. The summed E-state index contributed by atoms with van der Waals surface area (Å²) in [5.74, 6) is -0.0178. The van der Waals surface area contributed by atoms with Crippen LogP contribution in [0.2, 0.25) is 0 Å². The third-order valence-electron chi connectivity index (χ3n) is 5.49. The van der Waals surface area contributed by atoms with Gasteiger partial charge in [0.2, 0.25) is 0 Å². The molecule has 1 aliphatic rings. The summed E-state index contributed by atoms with van der Waals surface area (Å²) in [7, 11) is 0. The monoisotopic (exact) mass is 390 g/mol. The van der Waals surface area contributed by atoms with Gasteiger partial charge in [0.15, 0.2) is 0 Å². The fraction of sp³-hybridized carbons (Fsp3) is 0.273. The van der Waals surface area contributed by atoms with Crippen LogP contribution in [0, 0.1) is 24.0 Å². The highest BCUT2D eigenvalue weighted by atomic mass is 16.6. The number of carbonyl (C=O) groups excluding carboxylic acids is 1. The van der Waals surface area contributed by atoms with E-state index in [2.05, 4.69) is 18.1 Å². The molecule has 4 rings (SSSR count). The number of rotatable bonds is 4. The van der Waals surface area contributed by atoms with Crippen LogP contribution in [0.4, 0.5) is 11.4 Å². The Kier molecular flexibility index (Phi) is 4.66. The molecule has 0 aliphatic carbocycles. The Labute approximate surface area is 168 Å². The van der Waals surface area contributed by atoms with Crippen molar-refractivity contribution in [2.24, 2.45) is 0 Å². The van der Waals surface area contributed by atoms with E-state index in [1.165, 1.54) is 5.56 Å². The second-order valence-corrected chi connectivity index (χ2v) is 7.49. The van der Waals surface area contributed by atoms with Gasteiger partial charge >= 0.3 is 5.69 Å². The van der Waals surface area contributed by atoms with Crippen molar-refractivity contribution in [3.8, 4) is 0 Å². The maximum Gasteiger partial charge on any atom is 0.312 e. The number of para-hydroxylation sites is 1. The van der Waals surface area contributed by atoms with Gasteiger partial charge in [-0.15, -0.1) is 0 Å². The SMILES string of the molecule is Cc1nn(Cc2ccc(C(=O)N3c4ccccc4CC3C)cc2)c(C)c1[N+](=O)[O-]. The predicted octanol–water partition coefficient (Wildman–Crippen LogP) is 4.05. The molecule has 2 aromatic carbocycles. The molecule has 0 bridgehead atoms. The number of anilines is 1. The molecule has 2 heterocycles. The zero-order valence-corrected chi connectivity index (χ0v) is 16.6. The van der Waals surface area contributed by atoms with Crippen LogP contribution in [0.1, 0.15) is 39.8 Å². The molecule has 148 valence electrons. The van der Waals surface area contributed by atoms with Gasteiger partial charge in [-0.3, -0.25) is 19.6 Å². The lowest BCUT2D eigenvalue weighted by molar-refractivity contribution is -0.386. The molecule has 1 aliphatic heterocycles. The van der Waals surface area contributed by atoms with Crippen molar-refractivity contribution in [3.05, 3.63) is 86.7 Å². The molecule has 29 heavy (non-hydrogen) atoms. The first-order chi connectivity index (χ1) is 13.9. The summed E-state index contributed by atoms with van der Waals surface area (Å²) >= 11 is 0. The number of amides is 1. The predicted molar refractivity (Wildman–Crippen MR) is 110 cm³/mol. The van der Waals surface area contributed by atoms with Crippen molar-refractivity contribution >= 4 is 17.3 Å². The van der Waals surface area contributed by atoms with Crippen molar-refractivity contribution in [2.75, 3.05) is 4.90 Å². The highest BCUT2D eigenvalue weighted by molar-refractivity contribution is 6.07. The minimum absolute atomic E-state index is 0.0178. The molecule has 7 nitrogen and oxygen atoms in total. The fourth-order valence-corrected chi connectivity index (χ4v) is 4.05. The van der Waals surface area contributed by atoms with E-state index in [1.807, 2.05) is 47.4 Å². The average molecular weight is 390 g/mol. The first-order valence-electron chi connectivity index (χ1n) is 9.55. The van der Waals surface area contributed by atoms with Gasteiger partial charge in [-0.25, -0.2) is 0 Å². The number of aryl methyl sites for hydroxylation is 1. The summed E-state index contributed by atoms with van der Waals surface area (Å²) in [5.41, 5.74) is 4.70. The minimum atomic E-state index is -0.398. The standard InChI is InChI=1S/C22H22N4O3/c1-14-12-19-6-4-5-7-20(19)25(14)22(27)18-10-8-17(9-11-18)13-24-16(3)21(26(28)29)15(2)23-24/h4-11,14H,12-13H2,1-3H3. The van der Waals surface area contributed by atoms with Crippen LogP contribution in [0.3, 0.4) is 0 Å². The van der Waals surface area contributed by atoms with E-state index in [-0.39, 0.29) is 17.6 Å². The summed E-state index contributed by atoms with van der Waals surface area (Å²) in [6.07, 6.45) is 0.858. The number of aromatic nitrogens is 2. The quantitative estimate of drug-likeness (QED) is 0.497. The molecule has 0 N–H and O–H groups in total. The van der Waals surface area contributed by atoms with Crippen molar-refractivity contribution in [1.29, 1.82) is 0 Å². The number of nitrogens with zero attached hydrogens (tertiary/aromatic N) is 4. The average Bonchev–Trinajstić information content (AvgIpc) is 3.16. The molecule has 7 heteroatoms. The molecule has 3 aromatic rings. The van der Waals surface area contributed by atoms with Crippen LogP contribution in [0.5, 0.6) is 0 Å². The third kappa shape index (κ3) is 3.29. The molecule has 1 amide bonds. The number of fused-ring (bicyclic) bond motifs is 1. The number of carbonyl (C=O) groups is 1. The normalized spacial score (nSPS) is 15.4. The molecule has 0 spiro atoms. The van der Waals surface area contributed by atoms with E-state index < -0.39 is 4.92 Å². The second kappa shape index (κ2) is 7.16. The van der Waals surface area contributed by atoms with Crippen molar-refractivity contribution < 1.29 is 9.72 Å². The number of benzene rings is 2. The fourth-order valence-electron chi connectivity index (χ4n) is 4.05. The van der Waals surface area contributed by atoms with Crippen LogP contribution >= 0.6 is 0 Å².